The third kappa shape index (κ3) is 1.17. The molecule has 1 aliphatic heterocycles. The van der Waals surface area contributed by atoms with Crippen molar-refractivity contribution >= 4 is 21.6 Å². The first-order chi connectivity index (χ1) is 8.75. The fraction of sp³-hybridized carbons (Fsp3) is 0.200. The summed E-state index contributed by atoms with van der Waals surface area (Å²) < 4.78 is 6.17. The largest absolute Gasteiger partial charge is 0.352 e. The van der Waals surface area contributed by atoms with Crippen LogP contribution in [0.25, 0.3) is 20.9 Å². The van der Waals surface area contributed by atoms with E-state index >= 15 is 0 Å². The summed E-state index contributed by atoms with van der Waals surface area (Å²) in [4.78, 5) is 0. The van der Waals surface area contributed by atoms with E-state index in [1.165, 1.54) is 26.5 Å². The van der Waals surface area contributed by atoms with Crippen LogP contribution >= 0.6 is 11.3 Å². The Kier molecular flexibility index (Phi) is 1.92. The van der Waals surface area contributed by atoms with E-state index in [9.17, 15) is 0 Å². The second kappa shape index (κ2) is 3.39. The normalized spacial score (nSPS) is 16.9. The molecule has 2 nitrogen and oxygen atoms in total. The quantitative estimate of drug-likeness (QED) is 0.545. The highest BCUT2D eigenvalue weighted by atomic mass is 32.1. The van der Waals surface area contributed by atoms with Crippen LogP contribution in [0, 0.1) is 6.92 Å². The van der Waals surface area contributed by atoms with Crippen LogP contribution in [0.3, 0.4) is 0 Å². The topological polar surface area (TPSA) is 7.76 Å². The molecule has 0 spiro atoms. The van der Waals surface area contributed by atoms with Gasteiger partial charge in [-0.25, -0.2) is 0 Å². The smallest absolute Gasteiger partial charge is 0.130 e. The van der Waals surface area contributed by atoms with Crippen LogP contribution in [0.2, 0.25) is 0 Å². The highest BCUT2D eigenvalue weighted by Gasteiger charge is 2.44. The van der Waals surface area contributed by atoms with Crippen LogP contribution < -0.4 is 9.13 Å². The summed E-state index contributed by atoms with van der Waals surface area (Å²) in [5.74, 6) is 0. The van der Waals surface area contributed by atoms with Crippen molar-refractivity contribution in [3.63, 3.8) is 0 Å². The number of aryl methyl sites for hydroxylation is 1. The Morgan fingerprint density at radius 3 is 2.83 bits per heavy atom. The zero-order chi connectivity index (χ0) is 12.3. The molecular weight excluding hydrogens is 240 g/mol. The van der Waals surface area contributed by atoms with Gasteiger partial charge >= 0.3 is 11.2 Å². The van der Waals surface area contributed by atoms with E-state index in [2.05, 4.69) is 65.6 Å². The van der Waals surface area contributed by atoms with Gasteiger partial charge in [-0.15, -0.1) is 9.13 Å². The van der Waals surface area contributed by atoms with Crippen LogP contribution in [0.1, 0.15) is 18.7 Å². The molecule has 1 aliphatic rings. The summed E-state index contributed by atoms with van der Waals surface area (Å²) in [5, 5.41) is 1.36. The monoisotopic (exact) mass is 254 g/mol. The molecule has 1 atom stereocenters. The van der Waals surface area contributed by atoms with Crippen LogP contribution in [0.4, 0.5) is 0 Å². The Hall–Kier alpha value is -1.74. The van der Waals surface area contributed by atoms with E-state index < -0.39 is 0 Å². The van der Waals surface area contributed by atoms with Gasteiger partial charge in [0.05, 0.1) is 6.92 Å². The third-order valence-corrected chi connectivity index (χ3v) is 4.83. The lowest BCUT2D eigenvalue weighted by atomic mass is 10.3. The number of benzene rings is 1. The number of nitrogens with zero attached hydrogens (tertiary/aromatic N) is 2. The predicted octanol–water partition coefficient (Wildman–Crippen LogP) is 2.83. The second-order valence-electron chi connectivity index (χ2n) is 4.88. The summed E-state index contributed by atoms with van der Waals surface area (Å²) >= 11 is 1.88. The lowest BCUT2D eigenvalue weighted by Crippen LogP contribution is -2.49. The van der Waals surface area contributed by atoms with Crippen LogP contribution in [-0.2, 0) is 0 Å². The van der Waals surface area contributed by atoms with E-state index in [0.29, 0.717) is 6.17 Å². The van der Waals surface area contributed by atoms with Gasteiger partial charge in [-0.1, -0.05) is 23.5 Å². The molecular formula is C15H14N2S+2. The summed E-state index contributed by atoms with van der Waals surface area (Å²) in [6.07, 6.45) is 2.61. The van der Waals surface area contributed by atoms with E-state index in [0.717, 1.165) is 0 Å². The Morgan fingerprint density at radius 1 is 1.11 bits per heavy atom. The number of pyridine rings is 1. The zero-order valence-electron chi connectivity index (χ0n) is 10.4. The van der Waals surface area contributed by atoms with Crippen LogP contribution in [0.5, 0.6) is 0 Å². The van der Waals surface area contributed by atoms with Gasteiger partial charge < -0.3 is 0 Å². The Morgan fingerprint density at radius 2 is 1.94 bits per heavy atom. The minimum absolute atomic E-state index is 0.367. The second-order valence-corrected chi connectivity index (χ2v) is 5.91. The third-order valence-electron chi connectivity index (χ3n) is 3.67. The fourth-order valence-corrected chi connectivity index (χ4v) is 4.05. The highest BCUT2D eigenvalue weighted by Crippen LogP contribution is 2.31. The van der Waals surface area contributed by atoms with Crippen molar-refractivity contribution in [3.05, 3.63) is 48.2 Å². The molecule has 88 valence electrons. The number of hydrogen-bond acceptors (Lipinski definition) is 1. The molecule has 0 saturated heterocycles. The predicted molar refractivity (Wildman–Crippen MR) is 72.5 cm³/mol. The molecule has 0 N–H and O–H groups in total. The maximum absolute atomic E-state index is 2.44. The average molecular weight is 254 g/mol. The molecule has 2 aromatic heterocycles. The molecule has 1 aromatic carbocycles. The Labute approximate surface area is 110 Å². The van der Waals surface area contributed by atoms with Gasteiger partial charge in [-0.2, -0.15) is 0 Å². The highest BCUT2D eigenvalue weighted by molar-refractivity contribution is 7.21. The molecule has 0 aliphatic carbocycles. The minimum Gasteiger partial charge on any atom is -0.130 e. The van der Waals surface area contributed by atoms with Gasteiger partial charge in [0.1, 0.15) is 4.70 Å². The molecule has 0 amide bonds. The van der Waals surface area contributed by atoms with Crippen LogP contribution in [0.15, 0.2) is 42.6 Å². The molecule has 0 saturated carbocycles. The first-order valence-corrected chi connectivity index (χ1v) is 7.02. The van der Waals surface area contributed by atoms with Gasteiger partial charge in [-0.3, -0.25) is 0 Å². The Balaban J connectivity index is 2.11. The fourth-order valence-electron chi connectivity index (χ4n) is 2.80. The average Bonchev–Trinajstić information content (AvgIpc) is 2.87. The zero-order valence-corrected chi connectivity index (χ0v) is 11.2. The molecule has 3 heteroatoms. The lowest BCUT2D eigenvalue weighted by molar-refractivity contribution is -0.894. The van der Waals surface area contributed by atoms with Crippen molar-refractivity contribution in [2.24, 2.45) is 0 Å². The number of para-hydroxylation sites is 1. The van der Waals surface area contributed by atoms with E-state index in [4.69, 9.17) is 0 Å². The first kappa shape index (κ1) is 10.2. The van der Waals surface area contributed by atoms with Crippen LogP contribution in [-0.4, -0.2) is 0 Å². The van der Waals surface area contributed by atoms with Crippen molar-refractivity contribution in [2.45, 2.75) is 20.0 Å². The summed E-state index contributed by atoms with van der Waals surface area (Å²) in [5.41, 5.74) is 3.98. The minimum atomic E-state index is 0.367. The van der Waals surface area contributed by atoms with Crippen molar-refractivity contribution in [1.29, 1.82) is 0 Å². The standard InChI is InChI=1S/C15H14N2S/c1-10-7-8-13-15-17(11(2)16(13)9-10)12-5-3-4-6-14(12)18-15/h3-9,11H,1-2H3/q+2. The van der Waals surface area contributed by atoms with Crippen molar-refractivity contribution < 1.29 is 9.13 Å². The number of fused-ring (bicyclic) bond motifs is 5. The number of thiazole rings is 1. The molecule has 3 heterocycles. The number of hydrogen-bond donors (Lipinski definition) is 0. The van der Waals surface area contributed by atoms with E-state index in [1.807, 2.05) is 11.3 Å². The molecule has 1 unspecified atom stereocenters. The Bertz CT molecular complexity index is 773. The van der Waals surface area contributed by atoms with Gasteiger partial charge in [-0.05, 0) is 19.1 Å². The summed E-state index contributed by atoms with van der Waals surface area (Å²) in [6, 6.07) is 13.1. The van der Waals surface area contributed by atoms with Crippen molar-refractivity contribution in [3.8, 4) is 10.7 Å². The van der Waals surface area contributed by atoms with Crippen molar-refractivity contribution in [2.75, 3.05) is 0 Å². The molecule has 0 radical (unpaired) electrons. The van der Waals surface area contributed by atoms with E-state index in [-0.39, 0.29) is 0 Å². The van der Waals surface area contributed by atoms with E-state index in [1.54, 1.807) is 0 Å². The molecule has 4 rings (SSSR count). The summed E-state index contributed by atoms with van der Waals surface area (Å²) in [7, 11) is 0. The lowest BCUT2D eigenvalue weighted by Gasteiger charge is -1.97. The van der Waals surface area contributed by atoms with Gasteiger partial charge in [0.2, 0.25) is 5.52 Å². The molecule has 18 heavy (non-hydrogen) atoms. The SMILES string of the molecule is Cc1ccc2[n+](c1)C(C)[n+]1c-2sc2ccccc21. The summed E-state index contributed by atoms with van der Waals surface area (Å²) in [6.45, 7) is 4.41. The molecule has 0 fully saturated rings. The maximum atomic E-state index is 2.44. The maximum Gasteiger partial charge on any atom is 0.352 e. The van der Waals surface area contributed by atoms with Gasteiger partial charge in [0.25, 0.3) is 5.69 Å². The molecule has 0 bridgehead atoms. The number of rotatable bonds is 0. The molecule has 3 aromatic rings. The number of aromatic nitrogens is 2. The van der Waals surface area contributed by atoms with Gasteiger partial charge in [0.15, 0.2) is 6.20 Å². The van der Waals surface area contributed by atoms with Gasteiger partial charge in [0, 0.05) is 17.7 Å². The van der Waals surface area contributed by atoms with Crippen molar-refractivity contribution in [1.82, 2.24) is 0 Å². The first-order valence-electron chi connectivity index (χ1n) is 6.21.